The molecule has 0 bridgehead atoms. The van der Waals surface area contributed by atoms with Gasteiger partial charge in [0.05, 0.1) is 28.8 Å². The molecule has 0 aliphatic rings. The standard InChI is InChI=1S/C39H46Cl2N4O5/c1-27-30(9-5-10-32(27)33-11-6-12-35(38(33)41)48-16-8-14-45(4)13-7-15-46)25-50-37-19-36(49-24-29-17-28(20-42)21-43-22-29)31(18-34(37)40)23-44-39(2,3)26-47/h5-6,9-12,17-19,21-22,44,46-47H,7-8,13-16,23-26H2,1-4H3. The zero-order valence-electron chi connectivity index (χ0n) is 29.1. The first kappa shape index (κ1) is 38.9. The topological polar surface area (TPSA) is 120 Å². The Hall–Kier alpha value is -3.88. The second kappa shape index (κ2) is 18.9. The van der Waals surface area contributed by atoms with Crippen LogP contribution >= 0.6 is 23.2 Å². The number of halogens is 2. The van der Waals surface area contributed by atoms with Crippen molar-refractivity contribution >= 4 is 23.2 Å². The number of hydrogen-bond acceptors (Lipinski definition) is 9. The largest absolute Gasteiger partial charge is 0.492 e. The molecule has 3 N–H and O–H groups in total. The van der Waals surface area contributed by atoms with Gasteiger partial charge in [-0.1, -0.05) is 53.5 Å². The lowest BCUT2D eigenvalue weighted by molar-refractivity contribution is 0.186. The van der Waals surface area contributed by atoms with E-state index < -0.39 is 5.54 Å². The Morgan fingerprint density at radius 1 is 0.880 bits per heavy atom. The number of benzene rings is 3. The molecule has 1 heterocycles. The van der Waals surface area contributed by atoms with Crippen molar-refractivity contribution in [1.82, 2.24) is 15.2 Å². The molecule has 0 fully saturated rings. The lowest BCUT2D eigenvalue weighted by Gasteiger charge is -2.25. The summed E-state index contributed by atoms with van der Waals surface area (Å²) < 4.78 is 18.6. The van der Waals surface area contributed by atoms with Crippen molar-refractivity contribution in [2.24, 2.45) is 0 Å². The lowest BCUT2D eigenvalue weighted by atomic mass is 9.96. The molecule has 4 rings (SSSR count). The van der Waals surface area contributed by atoms with Crippen molar-refractivity contribution in [1.29, 1.82) is 5.26 Å². The Bertz CT molecular complexity index is 1760. The normalized spacial score (nSPS) is 11.4. The van der Waals surface area contributed by atoms with Crippen molar-refractivity contribution in [3.05, 3.63) is 105 Å². The molecule has 0 aliphatic heterocycles. The van der Waals surface area contributed by atoms with E-state index in [1.165, 1.54) is 6.20 Å². The van der Waals surface area contributed by atoms with Gasteiger partial charge >= 0.3 is 0 Å². The molecule has 0 unspecified atom stereocenters. The minimum atomic E-state index is -0.515. The highest BCUT2D eigenvalue weighted by Crippen LogP contribution is 2.38. The van der Waals surface area contributed by atoms with Gasteiger partial charge in [0.15, 0.2) is 0 Å². The van der Waals surface area contributed by atoms with E-state index in [0.717, 1.165) is 59.3 Å². The maximum absolute atomic E-state index is 9.75. The number of aliphatic hydroxyl groups excluding tert-OH is 2. The number of nitriles is 1. The number of nitrogens with zero attached hydrogens (tertiary/aromatic N) is 3. The third-order valence-electron chi connectivity index (χ3n) is 8.31. The molecule has 0 saturated heterocycles. The van der Waals surface area contributed by atoms with E-state index in [1.807, 2.05) is 64.2 Å². The van der Waals surface area contributed by atoms with Crippen molar-refractivity contribution < 1.29 is 24.4 Å². The average molecular weight is 722 g/mol. The first-order valence-corrected chi connectivity index (χ1v) is 17.4. The summed E-state index contributed by atoms with van der Waals surface area (Å²) in [6, 6.07) is 19.2. The second-order valence-corrected chi connectivity index (χ2v) is 13.6. The van der Waals surface area contributed by atoms with E-state index in [4.69, 9.17) is 42.5 Å². The number of aliphatic hydroxyl groups is 2. The van der Waals surface area contributed by atoms with Crippen molar-refractivity contribution in [3.8, 4) is 34.4 Å². The van der Waals surface area contributed by atoms with Gasteiger partial charge in [0.25, 0.3) is 0 Å². The maximum Gasteiger partial charge on any atom is 0.142 e. The molecular weight excluding hydrogens is 675 g/mol. The highest BCUT2D eigenvalue weighted by molar-refractivity contribution is 6.35. The number of rotatable bonds is 19. The molecule has 266 valence electrons. The van der Waals surface area contributed by atoms with Gasteiger partial charge in [-0.25, -0.2) is 0 Å². The fraction of sp³-hybridized carbons (Fsp3) is 0.385. The van der Waals surface area contributed by atoms with E-state index >= 15 is 0 Å². The van der Waals surface area contributed by atoms with Crippen molar-refractivity contribution in [2.75, 3.05) is 40.0 Å². The van der Waals surface area contributed by atoms with Gasteiger partial charge in [0.2, 0.25) is 0 Å². The Balaban J connectivity index is 1.50. The van der Waals surface area contributed by atoms with Crippen LogP contribution in [0.25, 0.3) is 11.1 Å². The van der Waals surface area contributed by atoms with Crippen LogP contribution in [0.3, 0.4) is 0 Å². The van der Waals surface area contributed by atoms with Crippen LogP contribution in [-0.4, -0.2) is 65.6 Å². The van der Waals surface area contributed by atoms with Gasteiger partial charge in [-0.15, -0.1) is 0 Å². The van der Waals surface area contributed by atoms with E-state index in [2.05, 4.69) is 21.3 Å². The van der Waals surface area contributed by atoms with Crippen LogP contribution in [0.15, 0.2) is 67.0 Å². The molecule has 50 heavy (non-hydrogen) atoms. The summed E-state index contributed by atoms with van der Waals surface area (Å²) in [5.41, 5.74) is 5.29. The molecule has 9 nitrogen and oxygen atoms in total. The van der Waals surface area contributed by atoms with Gasteiger partial charge in [-0.2, -0.15) is 5.26 Å². The van der Waals surface area contributed by atoms with Gasteiger partial charge in [-0.05, 0) is 75.5 Å². The molecule has 4 aromatic rings. The van der Waals surface area contributed by atoms with Crippen molar-refractivity contribution in [3.63, 3.8) is 0 Å². The summed E-state index contributed by atoms with van der Waals surface area (Å²) in [4.78, 5) is 6.31. The lowest BCUT2D eigenvalue weighted by Crippen LogP contribution is -2.42. The number of hydrogen-bond donors (Lipinski definition) is 3. The van der Waals surface area contributed by atoms with Crippen molar-refractivity contribution in [2.45, 2.75) is 58.9 Å². The summed E-state index contributed by atoms with van der Waals surface area (Å²) in [5, 5.41) is 32.4. The summed E-state index contributed by atoms with van der Waals surface area (Å²) in [6.45, 7) is 9.07. The van der Waals surface area contributed by atoms with Gasteiger partial charge in [-0.3, -0.25) is 4.98 Å². The molecule has 3 aromatic carbocycles. The summed E-state index contributed by atoms with van der Waals surface area (Å²) >= 11 is 13.7. The predicted octanol–water partition coefficient (Wildman–Crippen LogP) is 7.34. The Kier molecular flexibility index (Phi) is 14.7. The van der Waals surface area contributed by atoms with E-state index in [9.17, 15) is 10.4 Å². The summed E-state index contributed by atoms with van der Waals surface area (Å²) in [6.07, 6.45) is 4.76. The highest BCUT2D eigenvalue weighted by Gasteiger charge is 2.19. The molecule has 0 radical (unpaired) electrons. The van der Waals surface area contributed by atoms with Crippen LogP contribution in [0.4, 0.5) is 0 Å². The van der Waals surface area contributed by atoms with E-state index in [0.29, 0.717) is 46.0 Å². The maximum atomic E-state index is 9.75. The molecule has 11 heteroatoms. The number of ether oxygens (including phenoxy) is 3. The molecule has 1 aromatic heterocycles. The third kappa shape index (κ3) is 11.1. The minimum absolute atomic E-state index is 0.0454. The van der Waals surface area contributed by atoms with Crippen LogP contribution in [0, 0.1) is 18.3 Å². The molecule has 0 atom stereocenters. The third-order valence-corrected chi connectivity index (χ3v) is 8.99. The highest BCUT2D eigenvalue weighted by atomic mass is 35.5. The Morgan fingerprint density at radius 3 is 2.38 bits per heavy atom. The van der Waals surface area contributed by atoms with E-state index in [-0.39, 0.29) is 26.4 Å². The van der Waals surface area contributed by atoms with Crippen LogP contribution in [0.1, 0.15) is 54.5 Å². The minimum Gasteiger partial charge on any atom is -0.492 e. The van der Waals surface area contributed by atoms with Gasteiger partial charge in [0, 0.05) is 66.9 Å². The zero-order valence-corrected chi connectivity index (χ0v) is 30.7. The quantitative estimate of drug-likeness (QED) is 0.0855. The SMILES string of the molecule is Cc1c(COc2cc(OCc3cncc(C#N)c3)c(CNC(C)(C)CO)cc2Cl)cccc1-c1cccc(OCCCN(C)CCCO)c1Cl. The Morgan fingerprint density at radius 2 is 1.62 bits per heavy atom. The monoisotopic (exact) mass is 720 g/mol. The molecule has 0 amide bonds. The average Bonchev–Trinajstić information content (AvgIpc) is 3.12. The molecular formula is C39H46Cl2N4O5. The Labute approximate surface area is 305 Å². The molecule has 0 aliphatic carbocycles. The number of pyridine rings is 1. The van der Waals surface area contributed by atoms with Crippen LogP contribution in [-0.2, 0) is 19.8 Å². The first-order valence-electron chi connectivity index (χ1n) is 16.6. The van der Waals surface area contributed by atoms with E-state index in [1.54, 1.807) is 24.4 Å². The summed E-state index contributed by atoms with van der Waals surface area (Å²) in [7, 11) is 2.04. The zero-order chi connectivity index (χ0) is 36.1. The second-order valence-electron chi connectivity index (χ2n) is 12.8. The molecule has 0 saturated carbocycles. The van der Waals surface area contributed by atoms with Crippen LogP contribution < -0.4 is 19.5 Å². The predicted molar refractivity (Wildman–Crippen MR) is 198 cm³/mol. The fourth-order valence-electron chi connectivity index (χ4n) is 5.22. The van der Waals surface area contributed by atoms with Gasteiger partial charge < -0.3 is 34.6 Å². The first-order chi connectivity index (χ1) is 24.0. The van der Waals surface area contributed by atoms with Gasteiger partial charge in [0.1, 0.15) is 36.5 Å². The van der Waals surface area contributed by atoms with Crippen LogP contribution in [0.2, 0.25) is 10.0 Å². The smallest absolute Gasteiger partial charge is 0.142 e. The summed E-state index contributed by atoms with van der Waals surface area (Å²) in [5.74, 6) is 1.64. The molecule has 0 spiro atoms. The van der Waals surface area contributed by atoms with Crippen LogP contribution in [0.5, 0.6) is 17.2 Å². The fourth-order valence-corrected chi connectivity index (χ4v) is 5.75. The number of aromatic nitrogens is 1. The number of nitrogens with one attached hydrogen (secondary N) is 1.